The summed E-state index contributed by atoms with van der Waals surface area (Å²) in [6.45, 7) is 7.20. The average Bonchev–Trinajstić information content (AvgIpc) is 2.67. The van der Waals surface area contributed by atoms with Gasteiger partial charge in [0.2, 0.25) is 5.91 Å². The van der Waals surface area contributed by atoms with Crippen molar-refractivity contribution < 1.29 is 4.79 Å². The molecule has 0 radical (unpaired) electrons. The van der Waals surface area contributed by atoms with Crippen LogP contribution in [-0.2, 0) is 4.79 Å². The molecule has 1 heterocycles. The zero-order valence-corrected chi connectivity index (χ0v) is 12.0. The molecule has 0 aliphatic carbocycles. The lowest BCUT2D eigenvalue weighted by Crippen LogP contribution is -2.29. The number of nitrogens with one attached hydrogen (secondary N) is 2. The molecule has 1 aliphatic heterocycles. The maximum atomic E-state index is 11.7. The van der Waals surface area contributed by atoms with Crippen molar-refractivity contribution in [1.82, 2.24) is 10.6 Å². The van der Waals surface area contributed by atoms with Crippen molar-refractivity contribution in [3.05, 3.63) is 0 Å². The minimum absolute atomic E-state index is 0.0717. The fraction of sp³-hybridized carbons (Fsp3) is 0.857. The second-order valence-corrected chi connectivity index (χ2v) is 5.47. The van der Waals surface area contributed by atoms with E-state index >= 15 is 0 Å². The van der Waals surface area contributed by atoms with E-state index in [1.165, 1.54) is 25.7 Å². The highest BCUT2D eigenvalue weighted by Gasteiger charge is 2.27. The maximum absolute atomic E-state index is 11.7. The second kappa shape index (κ2) is 8.11. The second-order valence-electron chi connectivity index (χ2n) is 5.47. The largest absolute Gasteiger partial charge is 0.344 e. The Bertz CT molecular complexity index is 287. The average molecular weight is 253 g/mol. The van der Waals surface area contributed by atoms with Crippen LogP contribution in [0.25, 0.3) is 0 Å². The van der Waals surface area contributed by atoms with E-state index in [2.05, 4.69) is 36.4 Å². The van der Waals surface area contributed by atoms with Gasteiger partial charge in [-0.05, 0) is 12.3 Å². The smallest absolute Gasteiger partial charge is 0.249 e. The Morgan fingerprint density at radius 3 is 2.61 bits per heavy atom. The van der Waals surface area contributed by atoms with Gasteiger partial charge >= 0.3 is 0 Å². The SMILES string of the molecule is CCCCCCCC1NC(=NCC(C)C)NC1=O. The third-order valence-electron chi connectivity index (χ3n) is 3.08. The fourth-order valence-corrected chi connectivity index (χ4v) is 1.98. The van der Waals surface area contributed by atoms with E-state index in [0.717, 1.165) is 19.4 Å². The number of hydrogen-bond acceptors (Lipinski definition) is 2. The van der Waals surface area contributed by atoms with E-state index in [-0.39, 0.29) is 11.9 Å². The van der Waals surface area contributed by atoms with E-state index < -0.39 is 0 Å². The van der Waals surface area contributed by atoms with E-state index in [1.807, 2.05) is 0 Å². The number of guanidine groups is 1. The third-order valence-corrected chi connectivity index (χ3v) is 3.08. The van der Waals surface area contributed by atoms with E-state index in [4.69, 9.17) is 0 Å². The van der Waals surface area contributed by atoms with E-state index in [9.17, 15) is 4.79 Å². The lowest BCUT2D eigenvalue weighted by molar-refractivity contribution is -0.120. The van der Waals surface area contributed by atoms with Gasteiger partial charge < -0.3 is 5.32 Å². The number of amides is 1. The summed E-state index contributed by atoms with van der Waals surface area (Å²) in [6, 6.07) is -0.0717. The number of hydrogen-bond donors (Lipinski definition) is 2. The molecule has 4 heteroatoms. The Kier molecular flexibility index (Phi) is 6.76. The zero-order valence-electron chi connectivity index (χ0n) is 12.0. The highest BCUT2D eigenvalue weighted by molar-refractivity contribution is 6.06. The van der Waals surface area contributed by atoms with Crippen molar-refractivity contribution in [3.63, 3.8) is 0 Å². The van der Waals surface area contributed by atoms with Crippen LogP contribution >= 0.6 is 0 Å². The maximum Gasteiger partial charge on any atom is 0.249 e. The first kappa shape index (κ1) is 15.0. The number of rotatable bonds is 8. The highest BCUT2D eigenvalue weighted by atomic mass is 16.2. The molecule has 1 unspecified atom stereocenters. The van der Waals surface area contributed by atoms with Crippen LogP contribution in [0.4, 0.5) is 0 Å². The van der Waals surface area contributed by atoms with Crippen LogP contribution in [-0.4, -0.2) is 24.5 Å². The van der Waals surface area contributed by atoms with Crippen molar-refractivity contribution in [2.24, 2.45) is 10.9 Å². The Labute approximate surface area is 111 Å². The normalized spacial score (nSPS) is 21.4. The molecule has 4 nitrogen and oxygen atoms in total. The summed E-state index contributed by atoms with van der Waals surface area (Å²) in [4.78, 5) is 16.0. The van der Waals surface area contributed by atoms with Gasteiger partial charge in [-0.2, -0.15) is 0 Å². The summed E-state index contributed by atoms with van der Waals surface area (Å²) in [5.74, 6) is 1.25. The van der Waals surface area contributed by atoms with Crippen molar-refractivity contribution in [2.45, 2.75) is 65.3 Å². The van der Waals surface area contributed by atoms with Crippen molar-refractivity contribution >= 4 is 11.9 Å². The summed E-state index contributed by atoms with van der Waals surface area (Å²) < 4.78 is 0. The summed E-state index contributed by atoms with van der Waals surface area (Å²) in [5, 5.41) is 5.99. The molecule has 0 bridgehead atoms. The molecule has 0 aromatic rings. The first-order chi connectivity index (χ1) is 8.63. The molecule has 1 aliphatic rings. The summed E-state index contributed by atoms with van der Waals surface area (Å²) in [6.07, 6.45) is 7.08. The molecule has 18 heavy (non-hydrogen) atoms. The Balaban J connectivity index is 2.23. The topological polar surface area (TPSA) is 53.5 Å². The van der Waals surface area contributed by atoms with E-state index in [0.29, 0.717) is 11.9 Å². The predicted molar refractivity (Wildman–Crippen MR) is 75.6 cm³/mol. The molecule has 1 rings (SSSR count). The molecular weight excluding hydrogens is 226 g/mol. The zero-order chi connectivity index (χ0) is 13.4. The lowest BCUT2D eigenvalue weighted by Gasteiger charge is -2.07. The highest BCUT2D eigenvalue weighted by Crippen LogP contribution is 2.09. The third kappa shape index (κ3) is 5.52. The van der Waals surface area contributed by atoms with Gasteiger partial charge in [0.1, 0.15) is 6.04 Å². The standard InChI is InChI=1S/C14H27N3O/c1-4-5-6-7-8-9-12-13(18)17-14(16-12)15-10-11(2)3/h11-12H,4-10H2,1-3H3,(H2,15,16,17,18). The number of nitrogens with zero attached hydrogens (tertiary/aromatic N) is 1. The predicted octanol–water partition coefficient (Wildman–Crippen LogP) is 2.45. The molecule has 1 saturated heterocycles. The van der Waals surface area contributed by atoms with Crippen molar-refractivity contribution in [3.8, 4) is 0 Å². The number of aliphatic imine (C=N–C) groups is 1. The minimum Gasteiger partial charge on any atom is -0.344 e. The summed E-state index contributed by atoms with van der Waals surface area (Å²) in [5.41, 5.74) is 0. The van der Waals surface area contributed by atoms with Gasteiger partial charge in [-0.15, -0.1) is 0 Å². The van der Waals surface area contributed by atoms with Crippen molar-refractivity contribution in [1.29, 1.82) is 0 Å². The molecule has 0 saturated carbocycles. The fourth-order valence-electron chi connectivity index (χ4n) is 1.98. The molecule has 1 atom stereocenters. The molecule has 0 aromatic carbocycles. The Morgan fingerprint density at radius 2 is 1.94 bits per heavy atom. The molecule has 0 spiro atoms. The van der Waals surface area contributed by atoms with Gasteiger partial charge in [0.05, 0.1) is 0 Å². The van der Waals surface area contributed by atoms with Gasteiger partial charge in [-0.25, -0.2) is 0 Å². The number of unbranched alkanes of at least 4 members (excludes halogenated alkanes) is 4. The summed E-state index contributed by atoms with van der Waals surface area (Å²) in [7, 11) is 0. The molecule has 1 fully saturated rings. The van der Waals surface area contributed by atoms with Crippen LogP contribution in [0.2, 0.25) is 0 Å². The van der Waals surface area contributed by atoms with Gasteiger partial charge in [-0.1, -0.05) is 52.9 Å². The lowest BCUT2D eigenvalue weighted by atomic mass is 10.1. The van der Waals surface area contributed by atoms with Crippen LogP contribution in [0.1, 0.15) is 59.3 Å². The van der Waals surface area contributed by atoms with E-state index in [1.54, 1.807) is 0 Å². The summed E-state index contributed by atoms with van der Waals surface area (Å²) >= 11 is 0. The molecule has 0 aromatic heterocycles. The van der Waals surface area contributed by atoms with Gasteiger partial charge in [-0.3, -0.25) is 15.1 Å². The first-order valence-electron chi connectivity index (χ1n) is 7.25. The molecule has 2 N–H and O–H groups in total. The van der Waals surface area contributed by atoms with Gasteiger partial charge in [0.15, 0.2) is 5.96 Å². The van der Waals surface area contributed by atoms with Gasteiger partial charge in [0, 0.05) is 6.54 Å². The van der Waals surface area contributed by atoms with Crippen LogP contribution < -0.4 is 10.6 Å². The van der Waals surface area contributed by atoms with Crippen LogP contribution in [0, 0.1) is 5.92 Å². The molecule has 1 amide bonds. The van der Waals surface area contributed by atoms with Crippen molar-refractivity contribution in [2.75, 3.05) is 6.54 Å². The first-order valence-corrected chi connectivity index (χ1v) is 7.25. The quantitative estimate of drug-likeness (QED) is 0.653. The molecular formula is C14H27N3O. The minimum atomic E-state index is -0.0717. The van der Waals surface area contributed by atoms with Crippen LogP contribution in [0.15, 0.2) is 4.99 Å². The number of carbonyl (C=O) groups is 1. The van der Waals surface area contributed by atoms with Crippen LogP contribution in [0.3, 0.4) is 0 Å². The monoisotopic (exact) mass is 253 g/mol. The number of carbonyl (C=O) groups excluding carboxylic acids is 1. The Morgan fingerprint density at radius 1 is 1.22 bits per heavy atom. The van der Waals surface area contributed by atoms with Gasteiger partial charge in [0.25, 0.3) is 0 Å². The van der Waals surface area contributed by atoms with Crippen LogP contribution in [0.5, 0.6) is 0 Å². The Hall–Kier alpha value is -1.06. The molecule has 104 valence electrons.